The van der Waals surface area contributed by atoms with Crippen molar-refractivity contribution in [3.05, 3.63) is 34.3 Å². The second-order valence-electron chi connectivity index (χ2n) is 3.83. The first-order valence-electron chi connectivity index (χ1n) is 4.80. The fourth-order valence-electron chi connectivity index (χ4n) is 1.46. The van der Waals surface area contributed by atoms with Crippen molar-refractivity contribution < 1.29 is 18.0 Å². The Hall–Kier alpha value is -1.03. The molecule has 0 bridgehead atoms. The van der Waals surface area contributed by atoms with Crippen LogP contribution < -0.4 is 0 Å². The minimum absolute atomic E-state index is 0.0148. The van der Waals surface area contributed by atoms with E-state index in [1.807, 2.05) is 0 Å². The van der Waals surface area contributed by atoms with Gasteiger partial charge in [0.05, 0.1) is 10.6 Å². The van der Waals surface area contributed by atoms with E-state index in [1.54, 1.807) is 0 Å². The van der Waals surface area contributed by atoms with Crippen LogP contribution in [-0.2, 0) is 6.18 Å². The van der Waals surface area contributed by atoms with Crippen molar-refractivity contribution in [1.29, 1.82) is 0 Å². The van der Waals surface area contributed by atoms with Gasteiger partial charge < -0.3 is 0 Å². The fraction of sp³-hybridized carbons (Fsp3) is 0.364. The van der Waals surface area contributed by atoms with Gasteiger partial charge in [-0.1, -0.05) is 11.6 Å². The van der Waals surface area contributed by atoms with Gasteiger partial charge in [-0.3, -0.25) is 4.79 Å². The van der Waals surface area contributed by atoms with E-state index in [-0.39, 0.29) is 22.3 Å². The standard InChI is InChI=1S/C11H8ClF3O/c12-9-4-3-7(11(13,14)15)5-8(9)10(16)6-1-2-6/h3-6H,1-2H2. The number of carbonyl (C=O) groups excluding carboxylic acids is 1. The van der Waals surface area contributed by atoms with E-state index in [9.17, 15) is 18.0 Å². The number of ketones is 1. The predicted molar refractivity (Wildman–Crippen MR) is 53.5 cm³/mol. The Morgan fingerprint density at radius 3 is 2.44 bits per heavy atom. The van der Waals surface area contributed by atoms with Crippen LogP contribution in [0.2, 0.25) is 5.02 Å². The summed E-state index contributed by atoms with van der Waals surface area (Å²) in [5, 5.41) is 0.0879. The summed E-state index contributed by atoms with van der Waals surface area (Å²) in [6, 6.07) is 2.84. The zero-order valence-corrected chi connectivity index (χ0v) is 8.90. The SMILES string of the molecule is O=C(c1cc(C(F)(F)F)ccc1Cl)C1CC1. The predicted octanol–water partition coefficient (Wildman–Crippen LogP) is 3.95. The van der Waals surface area contributed by atoms with Gasteiger partial charge in [0.25, 0.3) is 0 Å². The summed E-state index contributed by atoms with van der Waals surface area (Å²) < 4.78 is 37.3. The van der Waals surface area contributed by atoms with Crippen LogP contribution in [0.5, 0.6) is 0 Å². The molecule has 0 saturated heterocycles. The molecule has 1 fully saturated rings. The molecule has 5 heteroatoms. The number of carbonyl (C=O) groups is 1. The highest BCUT2D eigenvalue weighted by atomic mass is 35.5. The topological polar surface area (TPSA) is 17.1 Å². The van der Waals surface area contributed by atoms with Gasteiger partial charge in [-0.05, 0) is 31.0 Å². The molecule has 0 heterocycles. The largest absolute Gasteiger partial charge is 0.416 e. The smallest absolute Gasteiger partial charge is 0.294 e. The van der Waals surface area contributed by atoms with Crippen molar-refractivity contribution in [1.82, 2.24) is 0 Å². The lowest BCUT2D eigenvalue weighted by atomic mass is 10.0. The number of hydrogen-bond donors (Lipinski definition) is 0. The van der Waals surface area contributed by atoms with E-state index in [0.717, 1.165) is 31.0 Å². The van der Waals surface area contributed by atoms with Crippen LogP contribution in [0.3, 0.4) is 0 Å². The summed E-state index contributed by atoms with van der Waals surface area (Å²) in [5.41, 5.74) is -0.847. The number of Topliss-reactive ketones (excluding diaryl/α,β-unsaturated/α-hetero) is 1. The molecule has 0 N–H and O–H groups in total. The molecule has 0 aliphatic heterocycles. The molecule has 0 aromatic heterocycles. The van der Waals surface area contributed by atoms with Crippen molar-refractivity contribution in [3.63, 3.8) is 0 Å². The van der Waals surface area contributed by atoms with Crippen LogP contribution in [0.15, 0.2) is 18.2 Å². The highest BCUT2D eigenvalue weighted by molar-refractivity contribution is 6.34. The molecular weight excluding hydrogens is 241 g/mol. The molecule has 1 aromatic carbocycles. The summed E-state index contributed by atoms with van der Waals surface area (Å²) >= 11 is 5.72. The summed E-state index contributed by atoms with van der Waals surface area (Å²) in [6.07, 6.45) is -2.96. The Morgan fingerprint density at radius 2 is 1.94 bits per heavy atom. The molecular formula is C11H8ClF3O. The molecule has 0 radical (unpaired) electrons. The third-order valence-electron chi connectivity index (χ3n) is 2.51. The van der Waals surface area contributed by atoms with Crippen molar-refractivity contribution in [2.24, 2.45) is 5.92 Å². The molecule has 1 aromatic rings. The van der Waals surface area contributed by atoms with E-state index >= 15 is 0 Å². The van der Waals surface area contributed by atoms with E-state index < -0.39 is 11.7 Å². The van der Waals surface area contributed by atoms with Gasteiger partial charge in [0.15, 0.2) is 5.78 Å². The summed E-state index contributed by atoms with van der Waals surface area (Å²) in [4.78, 5) is 11.7. The second-order valence-corrected chi connectivity index (χ2v) is 4.24. The van der Waals surface area contributed by atoms with Crippen LogP contribution in [-0.4, -0.2) is 5.78 Å². The van der Waals surface area contributed by atoms with Crippen LogP contribution in [0.1, 0.15) is 28.8 Å². The quantitative estimate of drug-likeness (QED) is 0.724. The zero-order chi connectivity index (χ0) is 11.9. The van der Waals surface area contributed by atoms with E-state index in [4.69, 9.17) is 11.6 Å². The van der Waals surface area contributed by atoms with Crippen molar-refractivity contribution in [2.75, 3.05) is 0 Å². The average Bonchev–Trinajstić information content (AvgIpc) is 2.98. The van der Waals surface area contributed by atoms with E-state index in [1.165, 1.54) is 0 Å². The van der Waals surface area contributed by atoms with Gasteiger partial charge in [-0.25, -0.2) is 0 Å². The van der Waals surface area contributed by atoms with Gasteiger partial charge in [0, 0.05) is 11.5 Å². The maximum absolute atomic E-state index is 12.4. The van der Waals surface area contributed by atoms with Crippen LogP contribution >= 0.6 is 11.6 Å². The van der Waals surface area contributed by atoms with Gasteiger partial charge in [-0.2, -0.15) is 13.2 Å². The van der Waals surface area contributed by atoms with Gasteiger partial charge in [0.1, 0.15) is 0 Å². The van der Waals surface area contributed by atoms with Crippen LogP contribution in [0.25, 0.3) is 0 Å². The van der Waals surface area contributed by atoms with Gasteiger partial charge in [-0.15, -0.1) is 0 Å². The maximum atomic E-state index is 12.4. The first kappa shape index (κ1) is 11.5. The Morgan fingerprint density at radius 1 is 1.31 bits per heavy atom. The number of benzene rings is 1. The molecule has 1 nitrogen and oxygen atoms in total. The molecule has 2 rings (SSSR count). The molecule has 0 unspecified atom stereocenters. The Labute approximate surface area is 95.2 Å². The fourth-order valence-corrected chi connectivity index (χ4v) is 1.67. The van der Waals surface area contributed by atoms with Crippen LogP contribution in [0.4, 0.5) is 13.2 Å². The summed E-state index contributed by atoms with van der Waals surface area (Å²) in [6.45, 7) is 0. The normalized spacial score (nSPS) is 16.2. The lowest BCUT2D eigenvalue weighted by molar-refractivity contribution is -0.137. The monoisotopic (exact) mass is 248 g/mol. The third-order valence-corrected chi connectivity index (χ3v) is 2.84. The molecule has 1 aliphatic carbocycles. The lowest BCUT2D eigenvalue weighted by Crippen LogP contribution is -2.09. The lowest BCUT2D eigenvalue weighted by Gasteiger charge is -2.09. The summed E-state index contributed by atoms with van der Waals surface area (Å²) in [7, 11) is 0. The Bertz CT molecular complexity index is 435. The van der Waals surface area contributed by atoms with Crippen molar-refractivity contribution >= 4 is 17.4 Å². The van der Waals surface area contributed by atoms with E-state index in [2.05, 4.69) is 0 Å². The highest BCUT2D eigenvalue weighted by Gasteiger charge is 2.35. The van der Waals surface area contributed by atoms with E-state index in [0.29, 0.717) is 0 Å². The number of halogens is 4. The second kappa shape index (κ2) is 3.77. The van der Waals surface area contributed by atoms with Crippen molar-refractivity contribution in [2.45, 2.75) is 19.0 Å². The molecule has 0 atom stereocenters. The number of hydrogen-bond acceptors (Lipinski definition) is 1. The Balaban J connectivity index is 2.40. The molecule has 1 aliphatic rings. The highest BCUT2D eigenvalue weighted by Crippen LogP contribution is 2.37. The van der Waals surface area contributed by atoms with Gasteiger partial charge >= 0.3 is 6.18 Å². The van der Waals surface area contributed by atoms with Gasteiger partial charge in [0.2, 0.25) is 0 Å². The first-order valence-corrected chi connectivity index (χ1v) is 5.18. The zero-order valence-electron chi connectivity index (χ0n) is 8.14. The molecule has 0 spiro atoms. The first-order chi connectivity index (χ1) is 7.39. The number of rotatable bonds is 2. The molecule has 16 heavy (non-hydrogen) atoms. The molecule has 0 amide bonds. The number of alkyl halides is 3. The molecule has 86 valence electrons. The third kappa shape index (κ3) is 2.21. The maximum Gasteiger partial charge on any atom is 0.416 e. The van der Waals surface area contributed by atoms with Crippen molar-refractivity contribution in [3.8, 4) is 0 Å². The Kier molecular flexibility index (Phi) is 2.70. The minimum Gasteiger partial charge on any atom is -0.294 e. The summed E-state index contributed by atoms with van der Waals surface area (Å²) in [5.74, 6) is -0.419. The minimum atomic E-state index is -4.44. The molecule has 1 saturated carbocycles. The average molecular weight is 249 g/mol. The van der Waals surface area contributed by atoms with Crippen LogP contribution in [0, 0.1) is 5.92 Å².